The minimum absolute atomic E-state index is 0.127. The number of hydrogen-bond donors (Lipinski definition) is 0. The molecule has 0 aromatic rings. The molecule has 0 aromatic carbocycles. The van der Waals surface area contributed by atoms with Gasteiger partial charge in [-0.05, 0) is 19.1 Å². The summed E-state index contributed by atoms with van der Waals surface area (Å²) >= 11 is 5.79. The molecule has 1 aliphatic carbocycles. The first-order valence-corrected chi connectivity index (χ1v) is 4.51. The number of nitrogens with zero attached hydrogens (tertiary/aromatic N) is 1. The van der Waals surface area contributed by atoms with E-state index in [9.17, 15) is 9.18 Å². The van der Waals surface area contributed by atoms with Crippen LogP contribution in [0.4, 0.5) is 4.39 Å². The zero-order valence-electron chi connectivity index (χ0n) is 7.42. The van der Waals surface area contributed by atoms with E-state index in [1.54, 1.807) is 6.92 Å². The van der Waals surface area contributed by atoms with Crippen LogP contribution in [0.15, 0.2) is 39.5 Å². The largest absolute Gasteiger partial charge is 0.289 e. The van der Waals surface area contributed by atoms with Gasteiger partial charge in [0.05, 0.1) is 16.3 Å². The first-order chi connectivity index (χ1) is 6.59. The Bertz CT molecular complexity index is 431. The average Bonchev–Trinajstić information content (AvgIpc) is 2.10. The Morgan fingerprint density at radius 3 is 3.00 bits per heavy atom. The van der Waals surface area contributed by atoms with E-state index in [1.807, 2.05) is 0 Å². The molecule has 1 unspecified atom stereocenters. The maximum atomic E-state index is 13.3. The maximum absolute atomic E-state index is 13.3. The van der Waals surface area contributed by atoms with Crippen molar-refractivity contribution in [3.8, 4) is 0 Å². The van der Waals surface area contributed by atoms with Crippen LogP contribution >= 0.6 is 11.6 Å². The Labute approximate surface area is 85.5 Å². The van der Waals surface area contributed by atoms with E-state index in [0.717, 1.165) is 0 Å². The molecule has 0 fully saturated rings. The number of fused-ring (bicyclic) bond motifs is 1. The number of rotatable bonds is 0. The van der Waals surface area contributed by atoms with Crippen LogP contribution in [0, 0.1) is 0 Å². The van der Waals surface area contributed by atoms with Gasteiger partial charge in [-0.1, -0.05) is 11.6 Å². The van der Waals surface area contributed by atoms with Gasteiger partial charge in [-0.15, -0.1) is 0 Å². The lowest BCUT2D eigenvalue weighted by molar-refractivity contribution is -0.111. The van der Waals surface area contributed by atoms with Gasteiger partial charge in [0.1, 0.15) is 0 Å². The van der Waals surface area contributed by atoms with Crippen molar-refractivity contribution < 1.29 is 9.18 Å². The molecule has 0 amide bonds. The van der Waals surface area contributed by atoms with Crippen molar-refractivity contribution in [1.29, 1.82) is 0 Å². The summed E-state index contributed by atoms with van der Waals surface area (Å²) < 4.78 is 13.3. The van der Waals surface area contributed by atoms with E-state index in [1.165, 1.54) is 18.2 Å². The maximum Gasteiger partial charge on any atom is 0.191 e. The Balaban J connectivity index is 2.60. The molecule has 0 saturated carbocycles. The molecule has 4 heteroatoms. The normalized spacial score (nSPS) is 25.9. The number of carbonyl (C=O) groups excluding carboxylic acids is 1. The van der Waals surface area contributed by atoms with Crippen molar-refractivity contribution in [3.63, 3.8) is 0 Å². The van der Waals surface area contributed by atoms with Crippen LogP contribution in [0.2, 0.25) is 0 Å². The molecule has 0 bridgehead atoms. The van der Waals surface area contributed by atoms with Gasteiger partial charge in [-0.3, -0.25) is 9.79 Å². The lowest BCUT2D eigenvalue weighted by Gasteiger charge is -2.19. The SMILES string of the molecule is CC1=CC(=O)C2=C(Cl)C=CC(F)C2=N1. The summed E-state index contributed by atoms with van der Waals surface area (Å²) in [6, 6.07) is 0. The highest BCUT2D eigenvalue weighted by molar-refractivity contribution is 6.42. The molecule has 2 rings (SSSR count). The minimum atomic E-state index is -1.33. The highest BCUT2D eigenvalue weighted by atomic mass is 35.5. The van der Waals surface area contributed by atoms with E-state index in [0.29, 0.717) is 5.70 Å². The molecule has 1 heterocycles. The van der Waals surface area contributed by atoms with Gasteiger partial charge in [0.15, 0.2) is 12.0 Å². The predicted octanol–water partition coefficient (Wildman–Crippen LogP) is 2.31. The third-order valence-corrected chi connectivity index (χ3v) is 2.37. The number of allylic oxidation sites excluding steroid dienone is 6. The Morgan fingerprint density at radius 1 is 1.57 bits per heavy atom. The molecule has 1 aliphatic heterocycles. The van der Waals surface area contributed by atoms with E-state index < -0.39 is 6.17 Å². The lowest BCUT2D eigenvalue weighted by Crippen LogP contribution is -2.26. The zero-order valence-corrected chi connectivity index (χ0v) is 8.18. The van der Waals surface area contributed by atoms with Crippen LogP contribution in [-0.2, 0) is 4.79 Å². The Morgan fingerprint density at radius 2 is 2.29 bits per heavy atom. The fraction of sp³-hybridized carbons (Fsp3) is 0.200. The standard InChI is InChI=1S/C10H7ClFNO/c1-5-4-8(14)9-6(11)2-3-7(12)10(9)13-5/h2-4,7H,1H3. The molecule has 1 atom stereocenters. The van der Waals surface area contributed by atoms with Crippen LogP contribution in [0.5, 0.6) is 0 Å². The van der Waals surface area contributed by atoms with E-state index in [-0.39, 0.29) is 22.1 Å². The number of halogens is 2. The molecule has 0 aromatic heterocycles. The fourth-order valence-corrected chi connectivity index (χ4v) is 1.71. The second-order valence-corrected chi connectivity index (χ2v) is 3.54. The molecular weight excluding hydrogens is 205 g/mol. The van der Waals surface area contributed by atoms with Gasteiger partial charge >= 0.3 is 0 Å². The molecular formula is C10H7ClFNO. The van der Waals surface area contributed by atoms with Crippen molar-refractivity contribution in [3.05, 3.63) is 34.5 Å². The smallest absolute Gasteiger partial charge is 0.191 e. The number of alkyl halides is 1. The summed E-state index contributed by atoms with van der Waals surface area (Å²) in [4.78, 5) is 15.5. The van der Waals surface area contributed by atoms with Gasteiger partial charge in [0, 0.05) is 11.8 Å². The summed E-state index contributed by atoms with van der Waals surface area (Å²) in [5.74, 6) is -0.274. The van der Waals surface area contributed by atoms with Crippen LogP contribution in [-0.4, -0.2) is 17.7 Å². The van der Waals surface area contributed by atoms with Gasteiger partial charge in [-0.25, -0.2) is 4.39 Å². The monoisotopic (exact) mass is 211 g/mol. The summed E-state index contributed by atoms with van der Waals surface area (Å²) in [7, 11) is 0. The third kappa shape index (κ3) is 1.34. The third-order valence-electron chi connectivity index (χ3n) is 2.05. The fourth-order valence-electron chi connectivity index (χ4n) is 1.45. The van der Waals surface area contributed by atoms with Crippen LogP contribution in [0.1, 0.15) is 6.92 Å². The van der Waals surface area contributed by atoms with Crippen LogP contribution in [0.25, 0.3) is 0 Å². The van der Waals surface area contributed by atoms with E-state index in [4.69, 9.17) is 11.6 Å². The zero-order chi connectivity index (χ0) is 10.3. The molecule has 72 valence electrons. The second-order valence-electron chi connectivity index (χ2n) is 3.13. The summed E-state index contributed by atoms with van der Waals surface area (Å²) in [5.41, 5.74) is 0.825. The Kier molecular flexibility index (Phi) is 2.11. The molecule has 0 radical (unpaired) electrons. The number of carbonyl (C=O) groups is 1. The Hall–Kier alpha value is -1.22. The van der Waals surface area contributed by atoms with E-state index in [2.05, 4.69) is 4.99 Å². The van der Waals surface area contributed by atoms with Crippen LogP contribution < -0.4 is 0 Å². The van der Waals surface area contributed by atoms with Crippen molar-refractivity contribution in [2.75, 3.05) is 0 Å². The molecule has 2 aliphatic rings. The topological polar surface area (TPSA) is 29.4 Å². The van der Waals surface area contributed by atoms with E-state index >= 15 is 0 Å². The van der Waals surface area contributed by atoms with Gasteiger partial charge in [-0.2, -0.15) is 0 Å². The predicted molar refractivity (Wildman–Crippen MR) is 53.1 cm³/mol. The van der Waals surface area contributed by atoms with Gasteiger partial charge in [0.2, 0.25) is 0 Å². The van der Waals surface area contributed by atoms with Gasteiger partial charge < -0.3 is 0 Å². The highest BCUT2D eigenvalue weighted by Crippen LogP contribution is 2.27. The average molecular weight is 212 g/mol. The second kappa shape index (κ2) is 3.17. The van der Waals surface area contributed by atoms with Crippen LogP contribution in [0.3, 0.4) is 0 Å². The summed E-state index contributed by atoms with van der Waals surface area (Å²) in [6.45, 7) is 1.65. The quantitative estimate of drug-likeness (QED) is 0.605. The molecule has 14 heavy (non-hydrogen) atoms. The van der Waals surface area contributed by atoms with Crippen molar-refractivity contribution in [1.82, 2.24) is 0 Å². The summed E-state index contributed by atoms with van der Waals surface area (Å²) in [6.07, 6.45) is 2.71. The molecule has 0 saturated heterocycles. The summed E-state index contributed by atoms with van der Waals surface area (Å²) in [5, 5.41) is 0.256. The van der Waals surface area contributed by atoms with Gasteiger partial charge in [0.25, 0.3) is 0 Å². The van der Waals surface area contributed by atoms with Crippen molar-refractivity contribution in [2.45, 2.75) is 13.1 Å². The van der Waals surface area contributed by atoms with Crippen molar-refractivity contribution in [2.24, 2.45) is 4.99 Å². The minimum Gasteiger partial charge on any atom is -0.289 e. The number of ketones is 1. The molecule has 0 N–H and O–H groups in total. The lowest BCUT2D eigenvalue weighted by atomic mass is 9.94. The molecule has 2 nitrogen and oxygen atoms in total. The number of hydrogen-bond acceptors (Lipinski definition) is 2. The first-order valence-electron chi connectivity index (χ1n) is 4.13. The first kappa shape index (κ1) is 9.34. The van der Waals surface area contributed by atoms with Crippen molar-refractivity contribution >= 4 is 23.1 Å². The highest BCUT2D eigenvalue weighted by Gasteiger charge is 2.29. The molecule has 0 spiro atoms. The number of aliphatic imine (C=N–C) groups is 1.